The van der Waals surface area contributed by atoms with E-state index in [1.807, 2.05) is 18.2 Å². The zero-order valence-electron chi connectivity index (χ0n) is 14.0. The van der Waals surface area contributed by atoms with Crippen molar-refractivity contribution in [2.75, 3.05) is 16.0 Å². The van der Waals surface area contributed by atoms with Crippen LogP contribution < -0.4 is 16.0 Å². The number of carbonyl (C=O) groups is 2. The first-order valence-electron chi connectivity index (χ1n) is 7.87. The normalized spacial score (nSPS) is 10.2. The highest BCUT2D eigenvalue weighted by molar-refractivity contribution is 9.10. The molecule has 0 radical (unpaired) electrons. The molecule has 7 heteroatoms. The van der Waals surface area contributed by atoms with E-state index in [1.165, 1.54) is 0 Å². The number of anilines is 3. The van der Waals surface area contributed by atoms with Crippen LogP contribution in [-0.2, 0) is 7.05 Å². The van der Waals surface area contributed by atoms with Gasteiger partial charge in [0.25, 0.3) is 5.91 Å². The highest BCUT2D eigenvalue weighted by Crippen LogP contribution is 2.18. The van der Waals surface area contributed by atoms with Gasteiger partial charge in [0.1, 0.15) is 5.69 Å². The summed E-state index contributed by atoms with van der Waals surface area (Å²) >= 11 is 3.35. The van der Waals surface area contributed by atoms with Gasteiger partial charge in [-0.3, -0.25) is 4.79 Å². The fourth-order valence-corrected chi connectivity index (χ4v) is 2.96. The Morgan fingerprint density at radius 3 is 2.12 bits per heavy atom. The summed E-state index contributed by atoms with van der Waals surface area (Å²) < 4.78 is 2.56. The monoisotopic (exact) mass is 412 g/mol. The van der Waals surface area contributed by atoms with E-state index in [1.54, 1.807) is 60.3 Å². The first-order valence-corrected chi connectivity index (χ1v) is 8.67. The molecule has 132 valence electrons. The second kappa shape index (κ2) is 7.88. The first kappa shape index (κ1) is 17.8. The van der Waals surface area contributed by atoms with Crippen LogP contribution in [0.3, 0.4) is 0 Å². The second-order valence-electron chi connectivity index (χ2n) is 5.63. The standard InChI is InChI=1S/C19H17BrN4O2/c1-24-12-13(20)10-17(24)18(25)21-15-8-5-9-16(11-15)23-19(26)22-14-6-3-2-4-7-14/h2-12H,1H3,(H,21,25)(H2,22,23,26). The van der Waals surface area contributed by atoms with Gasteiger partial charge in [-0.05, 0) is 52.3 Å². The average molecular weight is 413 g/mol. The molecule has 2 aromatic carbocycles. The number of amides is 3. The molecular formula is C19H17BrN4O2. The molecule has 1 heterocycles. The molecule has 0 spiro atoms. The lowest BCUT2D eigenvalue weighted by molar-refractivity contribution is 0.101. The number of benzene rings is 2. The number of hydrogen-bond donors (Lipinski definition) is 3. The van der Waals surface area contributed by atoms with Crippen LogP contribution >= 0.6 is 15.9 Å². The Hall–Kier alpha value is -3.06. The highest BCUT2D eigenvalue weighted by Gasteiger charge is 2.12. The molecule has 0 saturated carbocycles. The summed E-state index contributed by atoms with van der Waals surface area (Å²) in [4.78, 5) is 24.4. The fourth-order valence-electron chi connectivity index (χ4n) is 2.43. The molecule has 3 amide bonds. The molecule has 0 atom stereocenters. The number of halogens is 1. The highest BCUT2D eigenvalue weighted by atomic mass is 79.9. The van der Waals surface area contributed by atoms with Gasteiger partial charge < -0.3 is 20.5 Å². The van der Waals surface area contributed by atoms with E-state index in [-0.39, 0.29) is 11.9 Å². The maximum absolute atomic E-state index is 12.4. The zero-order valence-corrected chi connectivity index (χ0v) is 15.6. The topological polar surface area (TPSA) is 75.2 Å². The summed E-state index contributed by atoms with van der Waals surface area (Å²) in [6, 6.07) is 17.5. The van der Waals surface area contributed by atoms with Gasteiger partial charge in [-0.25, -0.2) is 4.79 Å². The van der Waals surface area contributed by atoms with Crippen molar-refractivity contribution in [3.05, 3.63) is 77.0 Å². The van der Waals surface area contributed by atoms with Crippen LogP contribution in [0.5, 0.6) is 0 Å². The lowest BCUT2D eigenvalue weighted by Gasteiger charge is -2.10. The van der Waals surface area contributed by atoms with Crippen LogP contribution in [0.2, 0.25) is 0 Å². The predicted molar refractivity (Wildman–Crippen MR) is 107 cm³/mol. The number of rotatable bonds is 4. The minimum absolute atomic E-state index is 0.232. The van der Waals surface area contributed by atoms with Crippen molar-refractivity contribution in [1.29, 1.82) is 0 Å². The van der Waals surface area contributed by atoms with Crippen molar-refractivity contribution in [3.63, 3.8) is 0 Å². The van der Waals surface area contributed by atoms with Crippen molar-refractivity contribution >= 4 is 44.9 Å². The molecule has 6 nitrogen and oxygen atoms in total. The molecule has 3 aromatic rings. The van der Waals surface area contributed by atoms with E-state index in [0.29, 0.717) is 22.8 Å². The van der Waals surface area contributed by atoms with E-state index < -0.39 is 0 Å². The Kier molecular flexibility index (Phi) is 5.38. The van der Waals surface area contributed by atoms with Crippen molar-refractivity contribution in [3.8, 4) is 0 Å². The van der Waals surface area contributed by atoms with Gasteiger partial charge in [0.15, 0.2) is 0 Å². The number of hydrogen-bond acceptors (Lipinski definition) is 2. The number of nitrogens with one attached hydrogen (secondary N) is 3. The van der Waals surface area contributed by atoms with Gasteiger partial charge in [-0.2, -0.15) is 0 Å². The van der Waals surface area contributed by atoms with Crippen molar-refractivity contribution in [1.82, 2.24) is 4.57 Å². The summed E-state index contributed by atoms with van der Waals surface area (Å²) in [6.45, 7) is 0. The van der Waals surface area contributed by atoms with E-state index >= 15 is 0 Å². The molecule has 1 aromatic heterocycles. The van der Waals surface area contributed by atoms with Crippen LogP contribution in [0.1, 0.15) is 10.5 Å². The SMILES string of the molecule is Cn1cc(Br)cc1C(=O)Nc1cccc(NC(=O)Nc2ccccc2)c1. The van der Waals surface area contributed by atoms with Crippen molar-refractivity contribution in [2.24, 2.45) is 7.05 Å². The Morgan fingerprint density at radius 1 is 0.846 bits per heavy atom. The van der Waals surface area contributed by atoms with Gasteiger partial charge in [0.05, 0.1) is 0 Å². The van der Waals surface area contributed by atoms with Crippen LogP contribution in [0.25, 0.3) is 0 Å². The number of nitrogens with zero attached hydrogens (tertiary/aromatic N) is 1. The summed E-state index contributed by atoms with van der Waals surface area (Å²) in [7, 11) is 1.80. The fraction of sp³-hybridized carbons (Fsp3) is 0.0526. The third kappa shape index (κ3) is 4.52. The third-order valence-electron chi connectivity index (χ3n) is 3.61. The van der Waals surface area contributed by atoms with Crippen LogP contribution in [-0.4, -0.2) is 16.5 Å². The second-order valence-corrected chi connectivity index (χ2v) is 6.55. The number of aromatic nitrogens is 1. The van der Waals surface area contributed by atoms with Gasteiger partial charge in [0, 0.05) is 34.8 Å². The molecule has 26 heavy (non-hydrogen) atoms. The average Bonchev–Trinajstić information content (AvgIpc) is 2.94. The van der Waals surface area contributed by atoms with E-state index in [4.69, 9.17) is 0 Å². The molecule has 0 fully saturated rings. The van der Waals surface area contributed by atoms with Gasteiger partial charge in [0.2, 0.25) is 0 Å². The van der Waals surface area contributed by atoms with E-state index in [0.717, 1.165) is 4.47 Å². The Morgan fingerprint density at radius 2 is 1.46 bits per heavy atom. The largest absolute Gasteiger partial charge is 0.345 e. The summed E-state index contributed by atoms with van der Waals surface area (Å²) in [5.74, 6) is -0.232. The lowest BCUT2D eigenvalue weighted by atomic mass is 10.2. The lowest BCUT2D eigenvalue weighted by Crippen LogP contribution is -2.19. The van der Waals surface area contributed by atoms with E-state index in [2.05, 4.69) is 31.9 Å². The first-order chi connectivity index (χ1) is 12.5. The number of carbonyl (C=O) groups excluding carboxylic acids is 2. The number of urea groups is 1. The molecule has 0 bridgehead atoms. The Bertz CT molecular complexity index is 938. The van der Waals surface area contributed by atoms with Gasteiger partial charge >= 0.3 is 6.03 Å². The Labute approximate surface area is 159 Å². The summed E-state index contributed by atoms with van der Waals surface area (Å²) in [5.41, 5.74) is 2.38. The van der Waals surface area contributed by atoms with E-state index in [9.17, 15) is 9.59 Å². The van der Waals surface area contributed by atoms with Gasteiger partial charge in [-0.15, -0.1) is 0 Å². The van der Waals surface area contributed by atoms with Crippen molar-refractivity contribution in [2.45, 2.75) is 0 Å². The zero-order chi connectivity index (χ0) is 18.5. The smallest absolute Gasteiger partial charge is 0.323 e. The third-order valence-corrected chi connectivity index (χ3v) is 4.05. The minimum Gasteiger partial charge on any atom is -0.345 e. The van der Waals surface area contributed by atoms with Crippen LogP contribution in [0.4, 0.5) is 21.9 Å². The summed E-state index contributed by atoms with van der Waals surface area (Å²) in [6.07, 6.45) is 1.81. The Balaban J connectivity index is 1.65. The molecule has 3 N–H and O–H groups in total. The predicted octanol–water partition coefficient (Wildman–Crippen LogP) is 4.68. The minimum atomic E-state index is -0.356. The van der Waals surface area contributed by atoms with Crippen LogP contribution in [0, 0.1) is 0 Å². The summed E-state index contributed by atoms with van der Waals surface area (Å²) in [5, 5.41) is 8.31. The van der Waals surface area contributed by atoms with Crippen LogP contribution in [0.15, 0.2) is 71.3 Å². The van der Waals surface area contributed by atoms with Gasteiger partial charge in [-0.1, -0.05) is 24.3 Å². The molecule has 0 unspecified atom stereocenters. The molecule has 0 saturated heterocycles. The molecule has 3 rings (SSSR count). The maximum atomic E-state index is 12.4. The molecular weight excluding hydrogens is 396 g/mol. The van der Waals surface area contributed by atoms with Crippen molar-refractivity contribution < 1.29 is 9.59 Å². The maximum Gasteiger partial charge on any atom is 0.323 e. The molecule has 0 aliphatic rings. The molecule has 0 aliphatic heterocycles. The number of aryl methyl sites for hydroxylation is 1. The molecule has 0 aliphatic carbocycles. The number of para-hydroxylation sites is 1. The quantitative estimate of drug-likeness (QED) is 0.581.